The van der Waals surface area contributed by atoms with Gasteiger partial charge in [-0.2, -0.15) is 0 Å². The van der Waals surface area contributed by atoms with Crippen LogP contribution in [0.2, 0.25) is 0 Å². The number of carbonyl (C=O) groups excluding carboxylic acids is 1. The first-order valence-corrected chi connectivity index (χ1v) is 6.44. The molecule has 0 saturated carbocycles. The summed E-state index contributed by atoms with van der Waals surface area (Å²) in [5, 5.41) is 0. The lowest BCUT2D eigenvalue weighted by Crippen LogP contribution is -2.01. The molecule has 0 aliphatic heterocycles. The van der Waals surface area contributed by atoms with Crippen LogP contribution in [0.4, 0.5) is 0 Å². The summed E-state index contributed by atoms with van der Waals surface area (Å²) in [6.45, 7) is 4.97. The highest BCUT2D eigenvalue weighted by molar-refractivity contribution is 5.94. The fourth-order valence-electron chi connectivity index (χ4n) is 1.75. The SMILES string of the molecule is CCCCCOCc1cc(C(C)=O)ccc1OC. The van der Waals surface area contributed by atoms with Crippen LogP contribution in [-0.2, 0) is 11.3 Å². The van der Waals surface area contributed by atoms with Crippen molar-refractivity contribution in [2.45, 2.75) is 39.7 Å². The Balaban J connectivity index is 2.61. The fraction of sp³-hybridized carbons (Fsp3) is 0.533. The van der Waals surface area contributed by atoms with Gasteiger partial charge in [0, 0.05) is 17.7 Å². The average Bonchev–Trinajstić information content (AvgIpc) is 2.38. The molecule has 1 aromatic carbocycles. The number of carbonyl (C=O) groups is 1. The molecule has 0 unspecified atom stereocenters. The van der Waals surface area contributed by atoms with Crippen molar-refractivity contribution < 1.29 is 14.3 Å². The minimum absolute atomic E-state index is 0.0601. The molecule has 0 spiro atoms. The number of benzene rings is 1. The Labute approximate surface area is 109 Å². The maximum atomic E-state index is 11.3. The Morgan fingerprint density at radius 1 is 1.28 bits per heavy atom. The summed E-state index contributed by atoms with van der Waals surface area (Å²) < 4.78 is 10.9. The van der Waals surface area contributed by atoms with E-state index >= 15 is 0 Å². The van der Waals surface area contributed by atoms with Crippen molar-refractivity contribution in [1.29, 1.82) is 0 Å². The Morgan fingerprint density at radius 3 is 2.67 bits per heavy atom. The van der Waals surface area contributed by atoms with Crippen molar-refractivity contribution in [3.63, 3.8) is 0 Å². The first-order chi connectivity index (χ1) is 8.69. The molecule has 0 amide bonds. The Morgan fingerprint density at radius 2 is 2.06 bits per heavy atom. The zero-order valence-electron chi connectivity index (χ0n) is 11.5. The van der Waals surface area contributed by atoms with E-state index in [0.29, 0.717) is 12.2 Å². The summed E-state index contributed by atoms with van der Waals surface area (Å²) in [6, 6.07) is 5.45. The molecular weight excluding hydrogens is 228 g/mol. The molecule has 0 fully saturated rings. The lowest BCUT2D eigenvalue weighted by molar-refractivity contribution is 0.101. The number of unbranched alkanes of at least 4 members (excludes halogenated alkanes) is 2. The third-order valence-electron chi connectivity index (χ3n) is 2.84. The van der Waals surface area contributed by atoms with Gasteiger partial charge in [0.2, 0.25) is 0 Å². The molecule has 1 rings (SSSR count). The topological polar surface area (TPSA) is 35.5 Å². The predicted octanol–water partition coefficient (Wildman–Crippen LogP) is 3.60. The van der Waals surface area contributed by atoms with E-state index in [9.17, 15) is 4.79 Å². The number of hydrogen-bond donors (Lipinski definition) is 0. The fourth-order valence-corrected chi connectivity index (χ4v) is 1.75. The molecule has 18 heavy (non-hydrogen) atoms. The summed E-state index contributed by atoms with van der Waals surface area (Å²) in [6.07, 6.45) is 3.45. The first kappa shape index (κ1) is 14.7. The molecule has 0 aliphatic carbocycles. The van der Waals surface area contributed by atoms with Crippen molar-refractivity contribution in [1.82, 2.24) is 0 Å². The first-order valence-electron chi connectivity index (χ1n) is 6.44. The van der Waals surface area contributed by atoms with Gasteiger partial charge in [-0.05, 0) is 31.5 Å². The minimum Gasteiger partial charge on any atom is -0.496 e. The van der Waals surface area contributed by atoms with Gasteiger partial charge in [0.15, 0.2) is 5.78 Å². The summed E-state index contributed by atoms with van der Waals surface area (Å²) in [7, 11) is 1.63. The zero-order valence-corrected chi connectivity index (χ0v) is 11.5. The lowest BCUT2D eigenvalue weighted by Gasteiger charge is -2.10. The van der Waals surface area contributed by atoms with E-state index in [2.05, 4.69) is 6.92 Å². The van der Waals surface area contributed by atoms with Crippen molar-refractivity contribution >= 4 is 5.78 Å². The van der Waals surface area contributed by atoms with Crippen LogP contribution in [0.1, 0.15) is 49.0 Å². The second-order valence-electron chi connectivity index (χ2n) is 4.34. The number of rotatable bonds is 8. The van der Waals surface area contributed by atoms with Gasteiger partial charge in [0.25, 0.3) is 0 Å². The molecule has 0 N–H and O–H groups in total. The van der Waals surface area contributed by atoms with Crippen molar-refractivity contribution in [2.24, 2.45) is 0 Å². The standard InChI is InChI=1S/C15H22O3/c1-4-5-6-9-18-11-14-10-13(12(2)16)7-8-15(14)17-3/h7-8,10H,4-6,9,11H2,1-3H3. The second kappa shape index (κ2) is 7.88. The quantitative estimate of drug-likeness (QED) is 0.522. The maximum Gasteiger partial charge on any atom is 0.159 e. The molecule has 0 heterocycles. The molecule has 100 valence electrons. The highest BCUT2D eigenvalue weighted by atomic mass is 16.5. The van der Waals surface area contributed by atoms with Crippen LogP contribution in [0.15, 0.2) is 18.2 Å². The van der Waals surface area contributed by atoms with Gasteiger partial charge >= 0.3 is 0 Å². The summed E-state index contributed by atoms with van der Waals surface area (Å²) in [5.74, 6) is 0.834. The molecule has 3 nitrogen and oxygen atoms in total. The summed E-state index contributed by atoms with van der Waals surface area (Å²) in [5.41, 5.74) is 1.63. The Bertz CT molecular complexity index is 385. The van der Waals surface area contributed by atoms with E-state index in [-0.39, 0.29) is 5.78 Å². The van der Waals surface area contributed by atoms with E-state index in [4.69, 9.17) is 9.47 Å². The van der Waals surface area contributed by atoms with Crippen LogP contribution < -0.4 is 4.74 Å². The van der Waals surface area contributed by atoms with E-state index in [0.717, 1.165) is 24.3 Å². The molecule has 3 heteroatoms. The van der Waals surface area contributed by atoms with Gasteiger partial charge in [-0.25, -0.2) is 0 Å². The van der Waals surface area contributed by atoms with Gasteiger partial charge < -0.3 is 9.47 Å². The smallest absolute Gasteiger partial charge is 0.159 e. The highest BCUT2D eigenvalue weighted by Crippen LogP contribution is 2.21. The number of Topliss-reactive ketones (excluding diaryl/α,β-unsaturated/α-hetero) is 1. The van der Waals surface area contributed by atoms with Crippen LogP contribution in [0.5, 0.6) is 5.75 Å². The van der Waals surface area contributed by atoms with Crippen LogP contribution in [0.3, 0.4) is 0 Å². The van der Waals surface area contributed by atoms with Crippen molar-refractivity contribution in [3.8, 4) is 5.75 Å². The van der Waals surface area contributed by atoms with Crippen LogP contribution >= 0.6 is 0 Å². The number of methoxy groups -OCH3 is 1. The molecule has 0 bridgehead atoms. The zero-order chi connectivity index (χ0) is 13.4. The third kappa shape index (κ3) is 4.49. The lowest BCUT2D eigenvalue weighted by atomic mass is 10.1. The maximum absolute atomic E-state index is 11.3. The van der Waals surface area contributed by atoms with Crippen LogP contribution in [0.25, 0.3) is 0 Å². The minimum atomic E-state index is 0.0601. The van der Waals surface area contributed by atoms with E-state index in [1.807, 2.05) is 12.1 Å². The normalized spacial score (nSPS) is 10.4. The van der Waals surface area contributed by atoms with Gasteiger partial charge in [-0.15, -0.1) is 0 Å². The van der Waals surface area contributed by atoms with Crippen LogP contribution in [-0.4, -0.2) is 19.5 Å². The molecular formula is C15H22O3. The van der Waals surface area contributed by atoms with E-state index < -0.39 is 0 Å². The number of ether oxygens (including phenoxy) is 2. The monoisotopic (exact) mass is 250 g/mol. The molecule has 0 saturated heterocycles. The Kier molecular flexibility index (Phi) is 6.44. The highest BCUT2D eigenvalue weighted by Gasteiger charge is 2.07. The second-order valence-corrected chi connectivity index (χ2v) is 4.34. The average molecular weight is 250 g/mol. The van der Waals surface area contributed by atoms with Crippen molar-refractivity contribution in [3.05, 3.63) is 29.3 Å². The summed E-state index contributed by atoms with van der Waals surface area (Å²) >= 11 is 0. The van der Waals surface area contributed by atoms with E-state index in [1.54, 1.807) is 20.1 Å². The molecule has 0 aromatic heterocycles. The van der Waals surface area contributed by atoms with Crippen molar-refractivity contribution in [2.75, 3.05) is 13.7 Å². The molecule has 0 radical (unpaired) electrons. The van der Waals surface area contributed by atoms with Gasteiger partial charge in [-0.1, -0.05) is 19.8 Å². The molecule has 0 atom stereocenters. The predicted molar refractivity (Wildman–Crippen MR) is 72.2 cm³/mol. The number of ketones is 1. The van der Waals surface area contributed by atoms with E-state index in [1.165, 1.54) is 12.8 Å². The van der Waals surface area contributed by atoms with Gasteiger partial charge in [-0.3, -0.25) is 4.79 Å². The Hall–Kier alpha value is -1.35. The molecule has 1 aromatic rings. The third-order valence-corrected chi connectivity index (χ3v) is 2.84. The van der Waals surface area contributed by atoms with Crippen LogP contribution in [0, 0.1) is 0 Å². The summed E-state index contributed by atoms with van der Waals surface area (Å²) in [4.78, 5) is 11.3. The van der Waals surface area contributed by atoms with Gasteiger partial charge in [0.1, 0.15) is 5.75 Å². The van der Waals surface area contributed by atoms with Gasteiger partial charge in [0.05, 0.1) is 13.7 Å². The molecule has 0 aliphatic rings. The number of hydrogen-bond acceptors (Lipinski definition) is 3. The largest absolute Gasteiger partial charge is 0.496 e.